The SMILES string of the molecule is COC(=O)C[As]c1ccc(-n2cc(-c3ccc(Cl)cc3Cl)nc2Cc2ccc(C=CC3CCCCC3)cc2)cc1. The Labute approximate surface area is 253 Å². The third kappa shape index (κ3) is 7.49. The van der Waals surface area contributed by atoms with E-state index < -0.39 is 0 Å². The summed E-state index contributed by atoms with van der Waals surface area (Å²) >= 11 is 12.4. The average Bonchev–Trinajstić information content (AvgIpc) is 3.39. The van der Waals surface area contributed by atoms with Gasteiger partial charge in [-0.25, -0.2) is 0 Å². The Morgan fingerprint density at radius 3 is 2.48 bits per heavy atom. The van der Waals surface area contributed by atoms with Crippen LogP contribution in [0.5, 0.6) is 0 Å². The molecule has 0 atom stereocenters. The van der Waals surface area contributed by atoms with Crippen molar-refractivity contribution in [1.29, 1.82) is 0 Å². The fourth-order valence-electron chi connectivity index (χ4n) is 5.04. The van der Waals surface area contributed by atoms with Gasteiger partial charge in [0.25, 0.3) is 0 Å². The van der Waals surface area contributed by atoms with Crippen LogP contribution in [0.1, 0.15) is 49.1 Å². The zero-order valence-corrected chi connectivity index (χ0v) is 25.9. The third-order valence-electron chi connectivity index (χ3n) is 7.28. The molecule has 1 aromatic heterocycles. The molecule has 1 aliphatic carbocycles. The van der Waals surface area contributed by atoms with E-state index in [2.05, 4.69) is 65.3 Å². The van der Waals surface area contributed by atoms with Crippen molar-refractivity contribution in [2.75, 3.05) is 7.11 Å². The van der Waals surface area contributed by atoms with Gasteiger partial charge in [0, 0.05) is 0 Å². The van der Waals surface area contributed by atoms with Gasteiger partial charge in [-0.05, 0) is 18.8 Å². The van der Waals surface area contributed by atoms with Gasteiger partial charge in [-0.3, -0.25) is 0 Å². The summed E-state index contributed by atoms with van der Waals surface area (Å²) in [6.07, 6.45) is 14.1. The van der Waals surface area contributed by atoms with Gasteiger partial charge in [0.15, 0.2) is 0 Å². The van der Waals surface area contributed by atoms with Crippen LogP contribution in [0.4, 0.5) is 0 Å². The monoisotopic (exact) mass is 633 g/mol. The molecule has 7 heteroatoms. The molecule has 1 saturated carbocycles. The van der Waals surface area contributed by atoms with Crippen LogP contribution in [0.3, 0.4) is 0 Å². The number of carbonyl (C=O) groups excluding carboxylic acids is 1. The second kappa shape index (κ2) is 13.7. The standard InChI is InChI=1S/C33H32AsCl2N2O2/c1-40-33(39)21-34-26-13-16-28(17-14-26)38-22-31(29-18-15-27(35)20-30(29)36)37-32(38)19-25-11-9-24(10-12-25)8-7-23-5-3-2-4-6-23/h7-18,20,22-23H,2-6,19,21H2,1H3. The Bertz CT molecular complexity index is 1470. The Morgan fingerprint density at radius 1 is 1.02 bits per heavy atom. The minimum atomic E-state index is -0.278. The molecular formula is C33H32AsCl2N2O2. The first-order valence-electron chi connectivity index (χ1n) is 13.6. The van der Waals surface area contributed by atoms with Gasteiger partial charge in [0.1, 0.15) is 0 Å². The molecule has 205 valence electrons. The number of aromatic nitrogens is 2. The van der Waals surface area contributed by atoms with Crippen molar-refractivity contribution in [3.05, 3.63) is 106 Å². The molecule has 0 bridgehead atoms. The van der Waals surface area contributed by atoms with Crippen molar-refractivity contribution in [3.63, 3.8) is 0 Å². The molecule has 4 aromatic rings. The number of hydrogen-bond donors (Lipinski definition) is 0. The third-order valence-corrected chi connectivity index (χ3v) is 10.1. The molecular weight excluding hydrogens is 602 g/mol. The maximum absolute atomic E-state index is 11.6. The Balaban J connectivity index is 1.40. The van der Waals surface area contributed by atoms with E-state index in [0.29, 0.717) is 27.6 Å². The van der Waals surface area contributed by atoms with E-state index in [1.165, 1.54) is 54.7 Å². The van der Waals surface area contributed by atoms with Crippen LogP contribution in [-0.4, -0.2) is 38.4 Å². The molecule has 0 N–H and O–H groups in total. The van der Waals surface area contributed by atoms with Gasteiger partial charge in [-0.15, -0.1) is 0 Å². The Kier molecular flexibility index (Phi) is 9.86. The number of nitrogens with zero attached hydrogens (tertiary/aromatic N) is 2. The van der Waals surface area contributed by atoms with Crippen LogP contribution in [0.25, 0.3) is 23.0 Å². The Morgan fingerprint density at radius 2 is 1.77 bits per heavy atom. The molecule has 3 aromatic carbocycles. The number of halogens is 2. The van der Waals surface area contributed by atoms with Crippen molar-refractivity contribution >= 4 is 55.4 Å². The van der Waals surface area contributed by atoms with Crippen molar-refractivity contribution < 1.29 is 9.53 Å². The first-order chi connectivity index (χ1) is 19.5. The summed E-state index contributed by atoms with van der Waals surface area (Å²) in [5.74, 6) is 1.47. The van der Waals surface area contributed by atoms with Gasteiger partial charge in [0.05, 0.1) is 0 Å². The van der Waals surface area contributed by atoms with Gasteiger partial charge in [0.2, 0.25) is 0 Å². The van der Waals surface area contributed by atoms with Crippen LogP contribution in [-0.2, 0) is 16.0 Å². The van der Waals surface area contributed by atoms with Crippen LogP contribution in [0.15, 0.2) is 79.0 Å². The van der Waals surface area contributed by atoms with Crippen molar-refractivity contribution in [2.24, 2.45) is 5.92 Å². The first kappa shape index (κ1) is 28.7. The molecule has 0 aliphatic heterocycles. The first-order valence-corrected chi connectivity index (χ1v) is 16.7. The second-order valence-electron chi connectivity index (χ2n) is 10.1. The minimum absolute atomic E-state index is 0.166. The second-order valence-corrected chi connectivity index (χ2v) is 13.4. The molecule has 1 heterocycles. The Hall–Kier alpha value is -2.78. The normalized spacial score (nSPS) is 14.4. The molecule has 4 nitrogen and oxygen atoms in total. The number of ether oxygens (including phenoxy) is 1. The predicted molar refractivity (Wildman–Crippen MR) is 166 cm³/mol. The zero-order valence-electron chi connectivity index (χ0n) is 22.5. The van der Waals surface area contributed by atoms with Crippen LogP contribution < -0.4 is 4.35 Å². The van der Waals surface area contributed by atoms with E-state index in [1.807, 2.05) is 18.3 Å². The molecule has 0 amide bonds. The summed E-state index contributed by atoms with van der Waals surface area (Å²) < 4.78 is 8.09. The van der Waals surface area contributed by atoms with E-state index in [0.717, 1.165) is 22.8 Å². The van der Waals surface area contributed by atoms with Gasteiger partial charge >= 0.3 is 210 Å². The number of methoxy groups -OCH3 is 1. The molecule has 0 spiro atoms. The predicted octanol–water partition coefficient (Wildman–Crippen LogP) is 7.95. The summed E-state index contributed by atoms with van der Waals surface area (Å²) in [4.78, 5) is 16.6. The summed E-state index contributed by atoms with van der Waals surface area (Å²) in [6.45, 7) is 0. The molecule has 1 fully saturated rings. The summed E-state index contributed by atoms with van der Waals surface area (Å²) in [7, 11) is 1.43. The van der Waals surface area contributed by atoms with E-state index in [1.54, 1.807) is 6.07 Å². The topological polar surface area (TPSA) is 44.1 Å². The number of imidazole rings is 1. The molecule has 40 heavy (non-hydrogen) atoms. The van der Waals surface area contributed by atoms with Gasteiger partial charge in [-0.2, -0.15) is 0 Å². The number of esters is 1. The molecule has 1 aliphatic rings. The molecule has 1 radical (unpaired) electrons. The quantitative estimate of drug-likeness (QED) is 0.139. The van der Waals surface area contributed by atoms with Crippen molar-refractivity contribution in [1.82, 2.24) is 9.55 Å². The fourth-order valence-corrected chi connectivity index (χ4v) is 7.22. The van der Waals surface area contributed by atoms with Crippen molar-refractivity contribution in [2.45, 2.75) is 43.7 Å². The maximum atomic E-state index is 11.6. The van der Waals surface area contributed by atoms with E-state index in [4.69, 9.17) is 32.9 Å². The summed E-state index contributed by atoms with van der Waals surface area (Å²) in [5, 5.41) is 1.62. The summed E-state index contributed by atoms with van der Waals surface area (Å²) in [5.41, 5.74) is 5.07. The van der Waals surface area contributed by atoms with Gasteiger partial charge in [-0.1, -0.05) is 25.3 Å². The average molecular weight is 634 g/mol. The van der Waals surface area contributed by atoms with E-state index >= 15 is 0 Å². The van der Waals surface area contributed by atoms with Gasteiger partial charge < -0.3 is 0 Å². The molecule has 0 saturated heterocycles. The number of allylic oxidation sites excluding steroid dienone is 1. The number of benzene rings is 3. The summed E-state index contributed by atoms with van der Waals surface area (Å²) in [6, 6.07) is 22.6. The number of hydrogen-bond acceptors (Lipinski definition) is 3. The van der Waals surface area contributed by atoms with Crippen molar-refractivity contribution in [3.8, 4) is 16.9 Å². The van der Waals surface area contributed by atoms with Crippen LogP contribution in [0, 0.1) is 5.92 Å². The molecule has 5 rings (SSSR count). The van der Waals surface area contributed by atoms with E-state index in [-0.39, 0.29) is 21.7 Å². The molecule has 0 unspecified atom stereocenters. The fraction of sp³-hybridized carbons (Fsp3) is 0.273. The van der Waals surface area contributed by atoms with E-state index in [9.17, 15) is 4.79 Å². The van der Waals surface area contributed by atoms with Crippen LogP contribution in [0.2, 0.25) is 15.3 Å². The zero-order chi connectivity index (χ0) is 27.9. The number of carbonyl (C=O) groups is 1. The van der Waals surface area contributed by atoms with Crippen LogP contribution >= 0.6 is 23.2 Å². The number of rotatable bonds is 9.